The summed E-state index contributed by atoms with van der Waals surface area (Å²) in [5.74, 6) is 1.64. The SMILES string of the molecule is Cc1occc1C(=O)CC1CCC1. The van der Waals surface area contributed by atoms with Gasteiger partial charge in [-0.25, -0.2) is 0 Å². The van der Waals surface area contributed by atoms with Crippen molar-refractivity contribution in [3.63, 3.8) is 0 Å². The van der Waals surface area contributed by atoms with Crippen LogP contribution in [0.25, 0.3) is 0 Å². The van der Waals surface area contributed by atoms with Crippen LogP contribution >= 0.6 is 0 Å². The molecule has 0 spiro atoms. The highest BCUT2D eigenvalue weighted by molar-refractivity contribution is 5.97. The molecule has 70 valence electrons. The minimum Gasteiger partial charge on any atom is -0.469 e. The van der Waals surface area contributed by atoms with Crippen molar-refractivity contribution >= 4 is 5.78 Å². The third-order valence-electron chi connectivity index (χ3n) is 2.86. The topological polar surface area (TPSA) is 30.2 Å². The van der Waals surface area contributed by atoms with Crippen LogP contribution in [0.1, 0.15) is 41.8 Å². The van der Waals surface area contributed by atoms with E-state index >= 15 is 0 Å². The van der Waals surface area contributed by atoms with E-state index in [-0.39, 0.29) is 5.78 Å². The zero-order chi connectivity index (χ0) is 9.26. The van der Waals surface area contributed by atoms with Crippen molar-refractivity contribution in [2.75, 3.05) is 0 Å². The van der Waals surface area contributed by atoms with Gasteiger partial charge in [0.25, 0.3) is 0 Å². The quantitative estimate of drug-likeness (QED) is 0.666. The molecule has 1 fully saturated rings. The summed E-state index contributed by atoms with van der Waals surface area (Å²) in [5, 5.41) is 0. The summed E-state index contributed by atoms with van der Waals surface area (Å²) in [4.78, 5) is 11.7. The molecule has 1 aromatic heterocycles. The molecule has 1 heterocycles. The van der Waals surface area contributed by atoms with Gasteiger partial charge in [-0.3, -0.25) is 4.79 Å². The van der Waals surface area contributed by atoms with Crippen LogP contribution in [0.5, 0.6) is 0 Å². The van der Waals surface area contributed by atoms with Gasteiger partial charge in [0.2, 0.25) is 0 Å². The van der Waals surface area contributed by atoms with Crippen molar-refractivity contribution < 1.29 is 9.21 Å². The number of ketones is 1. The Morgan fingerprint density at radius 2 is 2.38 bits per heavy atom. The molecule has 0 aliphatic heterocycles. The molecule has 0 bridgehead atoms. The summed E-state index contributed by atoms with van der Waals surface area (Å²) in [6, 6.07) is 1.77. The molecule has 0 N–H and O–H groups in total. The highest BCUT2D eigenvalue weighted by Crippen LogP contribution is 2.30. The number of furan rings is 1. The van der Waals surface area contributed by atoms with E-state index in [2.05, 4.69) is 0 Å². The Morgan fingerprint density at radius 3 is 2.85 bits per heavy atom. The van der Waals surface area contributed by atoms with Crippen LogP contribution in [-0.2, 0) is 0 Å². The molecule has 0 radical (unpaired) electrons. The predicted molar refractivity (Wildman–Crippen MR) is 49.7 cm³/mol. The zero-order valence-electron chi connectivity index (χ0n) is 7.88. The highest BCUT2D eigenvalue weighted by Gasteiger charge is 2.22. The molecule has 1 aromatic rings. The summed E-state index contributed by atoms with van der Waals surface area (Å²) in [7, 11) is 0. The molecule has 13 heavy (non-hydrogen) atoms. The molecule has 0 atom stereocenters. The summed E-state index contributed by atoms with van der Waals surface area (Å²) in [6.45, 7) is 1.84. The standard InChI is InChI=1S/C11H14O2/c1-8-10(5-6-13-8)11(12)7-9-3-2-4-9/h5-6,9H,2-4,7H2,1H3. The average molecular weight is 178 g/mol. The normalized spacial score (nSPS) is 17.0. The fraction of sp³-hybridized carbons (Fsp3) is 0.545. The van der Waals surface area contributed by atoms with Gasteiger partial charge < -0.3 is 4.42 Å². The van der Waals surface area contributed by atoms with Crippen molar-refractivity contribution in [3.8, 4) is 0 Å². The maximum absolute atomic E-state index is 11.7. The van der Waals surface area contributed by atoms with E-state index in [1.54, 1.807) is 12.3 Å². The lowest BCUT2D eigenvalue weighted by atomic mass is 9.81. The fourth-order valence-electron chi connectivity index (χ4n) is 1.74. The molecule has 2 nitrogen and oxygen atoms in total. The Balaban J connectivity index is 2.00. The molecule has 0 aromatic carbocycles. The molecule has 2 rings (SSSR count). The molecule has 0 amide bonds. The Kier molecular flexibility index (Phi) is 2.21. The zero-order valence-corrected chi connectivity index (χ0v) is 7.88. The number of rotatable bonds is 3. The van der Waals surface area contributed by atoms with Crippen LogP contribution in [0, 0.1) is 12.8 Å². The van der Waals surface area contributed by atoms with Gasteiger partial charge in [0.15, 0.2) is 5.78 Å². The van der Waals surface area contributed by atoms with Crippen molar-refractivity contribution in [1.29, 1.82) is 0 Å². The van der Waals surface area contributed by atoms with Crippen LogP contribution in [0.3, 0.4) is 0 Å². The third kappa shape index (κ3) is 1.67. The van der Waals surface area contributed by atoms with Gasteiger partial charge in [-0.15, -0.1) is 0 Å². The molecular formula is C11H14O2. The van der Waals surface area contributed by atoms with Gasteiger partial charge in [-0.05, 0) is 18.9 Å². The number of aryl methyl sites for hydroxylation is 1. The first-order valence-corrected chi connectivity index (χ1v) is 4.84. The molecule has 0 unspecified atom stereocenters. The summed E-state index contributed by atoms with van der Waals surface area (Å²) in [5.41, 5.74) is 0.770. The minimum absolute atomic E-state index is 0.246. The number of carbonyl (C=O) groups excluding carboxylic acids is 1. The second kappa shape index (κ2) is 3.36. The average Bonchev–Trinajstić information content (AvgIpc) is 2.43. The van der Waals surface area contributed by atoms with E-state index < -0.39 is 0 Å². The Hall–Kier alpha value is -1.05. The Morgan fingerprint density at radius 1 is 1.62 bits per heavy atom. The van der Waals surface area contributed by atoms with E-state index in [9.17, 15) is 4.79 Å². The summed E-state index contributed by atoms with van der Waals surface area (Å²) < 4.78 is 5.10. The van der Waals surface area contributed by atoms with Gasteiger partial charge in [0.1, 0.15) is 5.76 Å². The van der Waals surface area contributed by atoms with E-state index in [0.29, 0.717) is 12.3 Å². The van der Waals surface area contributed by atoms with Crippen LogP contribution in [0.15, 0.2) is 16.7 Å². The molecular weight excluding hydrogens is 164 g/mol. The molecule has 0 saturated heterocycles. The second-order valence-electron chi connectivity index (χ2n) is 3.81. The summed E-state index contributed by atoms with van der Waals surface area (Å²) >= 11 is 0. The van der Waals surface area contributed by atoms with Crippen molar-refractivity contribution in [3.05, 3.63) is 23.7 Å². The van der Waals surface area contributed by atoms with Gasteiger partial charge >= 0.3 is 0 Å². The third-order valence-corrected chi connectivity index (χ3v) is 2.86. The first kappa shape index (κ1) is 8.54. The lowest BCUT2D eigenvalue weighted by Gasteiger charge is -2.24. The van der Waals surface area contributed by atoms with Crippen molar-refractivity contribution in [2.24, 2.45) is 5.92 Å². The van der Waals surface area contributed by atoms with Gasteiger partial charge in [0, 0.05) is 6.42 Å². The van der Waals surface area contributed by atoms with E-state index in [1.807, 2.05) is 6.92 Å². The van der Waals surface area contributed by atoms with E-state index in [4.69, 9.17) is 4.42 Å². The minimum atomic E-state index is 0.246. The van der Waals surface area contributed by atoms with Gasteiger partial charge in [0.05, 0.1) is 11.8 Å². The maximum Gasteiger partial charge on any atom is 0.166 e. The maximum atomic E-state index is 11.7. The van der Waals surface area contributed by atoms with Gasteiger partial charge in [-0.2, -0.15) is 0 Å². The lowest BCUT2D eigenvalue weighted by molar-refractivity contribution is 0.0935. The monoisotopic (exact) mass is 178 g/mol. The molecule has 1 aliphatic rings. The smallest absolute Gasteiger partial charge is 0.166 e. The highest BCUT2D eigenvalue weighted by atomic mass is 16.3. The van der Waals surface area contributed by atoms with Crippen LogP contribution < -0.4 is 0 Å². The van der Waals surface area contributed by atoms with E-state index in [0.717, 1.165) is 11.3 Å². The van der Waals surface area contributed by atoms with Crippen molar-refractivity contribution in [1.82, 2.24) is 0 Å². The lowest BCUT2D eigenvalue weighted by Crippen LogP contribution is -2.15. The van der Waals surface area contributed by atoms with Crippen LogP contribution in [-0.4, -0.2) is 5.78 Å². The summed E-state index contributed by atoms with van der Waals surface area (Å²) in [6.07, 6.45) is 6.04. The Labute approximate surface area is 77.9 Å². The van der Waals surface area contributed by atoms with Crippen LogP contribution in [0.4, 0.5) is 0 Å². The predicted octanol–water partition coefficient (Wildman–Crippen LogP) is 2.96. The largest absolute Gasteiger partial charge is 0.469 e. The number of hydrogen-bond acceptors (Lipinski definition) is 2. The number of Topliss-reactive ketones (excluding diaryl/α,β-unsaturated/α-hetero) is 1. The second-order valence-corrected chi connectivity index (χ2v) is 3.81. The van der Waals surface area contributed by atoms with Crippen molar-refractivity contribution in [2.45, 2.75) is 32.6 Å². The van der Waals surface area contributed by atoms with E-state index in [1.165, 1.54) is 19.3 Å². The number of hydrogen-bond donors (Lipinski definition) is 0. The fourth-order valence-corrected chi connectivity index (χ4v) is 1.74. The molecule has 1 aliphatic carbocycles. The number of carbonyl (C=O) groups is 1. The van der Waals surface area contributed by atoms with Crippen LogP contribution in [0.2, 0.25) is 0 Å². The first-order valence-electron chi connectivity index (χ1n) is 4.84. The first-order chi connectivity index (χ1) is 6.27. The molecule has 2 heteroatoms. The molecule has 1 saturated carbocycles. The Bertz CT molecular complexity index is 308. The van der Waals surface area contributed by atoms with Gasteiger partial charge in [-0.1, -0.05) is 19.3 Å².